The van der Waals surface area contributed by atoms with E-state index in [2.05, 4.69) is 31.4 Å². The molecule has 0 heterocycles. The number of carbonyl (C=O) groups is 1. The van der Waals surface area contributed by atoms with Crippen molar-refractivity contribution < 1.29 is 18.1 Å². The fraction of sp³-hybridized carbons (Fsp3) is 0.316. The number of anilines is 2. The Balaban J connectivity index is 2.07. The number of nitro benzene ring substituents is 1. The molecule has 0 atom stereocenters. The highest BCUT2D eigenvalue weighted by Crippen LogP contribution is 2.27. The molecule has 0 unspecified atom stereocenters. The second-order valence-corrected chi connectivity index (χ2v) is 9.45. The molecule has 9 heteroatoms. The highest BCUT2D eigenvalue weighted by Gasteiger charge is 2.19. The van der Waals surface area contributed by atoms with Gasteiger partial charge in [0.15, 0.2) is 9.84 Å². The van der Waals surface area contributed by atoms with Gasteiger partial charge in [0, 0.05) is 18.0 Å². The molecule has 8 nitrogen and oxygen atoms in total. The van der Waals surface area contributed by atoms with Gasteiger partial charge in [-0.05, 0) is 35.2 Å². The van der Waals surface area contributed by atoms with E-state index >= 15 is 0 Å². The topological polar surface area (TPSA) is 118 Å². The number of hydrogen-bond acceptors (Lipinski definition) is 6. The molecule has 0 aliphatic heterocycles. The first kappa shape index (κ1) is 21.4. The summed E-state index contributed by atoms with van der Waals surface area (Å²) in [4.78, 5) is 22.5. The van der Waals surface area contributed by atoms with Crippen molar-refractivity contribution >= 4 is 32.8 Å². The largest absolute Gasteiger partial charge is 0.371 e. The Bertz CT molecular complexity index is 993. The van der Waals surface area contributed by atoms with Crippen molar-refractivity contribution in [3.63, 3.8) is 0 Å². The lowest BCUT2D eigenvalue weighted by atomic mass is 9.87. The monoisotopic (exact) mass is 405 g/mol. The van der Waals surface area contributed by atoms with Crippen LogP contribution in [0.2, 0.25) is 0 Å². The molecule has 28 heavy (non-hydrogen) atoms. The molecule has 2 N–H and O–H groups in total. The van der Waals surface area contributed by atoms with Gasteiger partial charge < -0.3 is 10.6 Å². The summed E-state index contributed by atoms with van der Waals surface area (Å²) < 4.78 is 23.1. The number of amides is 1. The molecule has 0 spiro atoms. The van der Waals surface area contributed by atoms with Crippen LogP contribution in [0.3, 0.4) is 0 Å². The van der Waals surface area contributed by atoms with Crippen molar-refractivity contribution in [3.05, 3.63) is 58.1 Å². The van der Waals surface area contributed by atoms with E-state index in [1.807, 2.05) is 12.1 Å². The quantitative estimate of drug-likeness (QED) is 0.562. The predicted molar refractivity (Wildman–Crippen MR) is 108 cm³/mol. The van der Waals surface area contributed by atoms with Crippen LogP contribution in [-0.4, -0.2) is 32.0 Å². The Hall–Kier alpha value is -2.94. The first-order chi connectivity index (χ1) is 12.9. The molecule has 0 saturated carbocycles. The van der Waals surface area contributed by atoms with Gasteiger partial charge in [0.2, 0.25) is 5.91 Å². The average molecular weight is 405 g/mol. The Morgan fingerprint density at radius 1 is 1.11 bits per heavy atom. The normalized spacial score (nSPS) is 11.7. The van der Waals surface area contributed by atoms with Crippen LogP contribution in [0.15, 0.2) is 47.4 Å². The lowest BCUT2D eigenvalue weighted by molar-refractivity contribution is -0.384. The minimum absolute atomic E-state index is 0.00115. The Morgan fingerprint density at radius 3 is 2.21 bits per heavy atom. The number of rotatable bonds is 6. The molecule has 1 amide bonds. The zero-order chi connectivity index (χ0) is 21.1. The van der Waals surface area contributed by atoms with Crippen molar-refractivity contribution in [2.24, 2.45) is 0 Å². The predicted octanol–water partition coefficient (Wildman–Crippen LogP) is 3.35. The number of carbonyl (C=O) groups excluding carboxylic acids is 1. The fourth-order valence-electron chi connectivity index (χ4n) is 2.48. The minimum atomic E-state index is -3.57. The molecule has 0 saturated heterocycles. The number of nitro groups is 1. The molecule has 2 aromatic carbocycles. The third kappa shape index (κ3) is 5.53. The number of sulfone groups is 1. The second-order valence-electron chi connectivity index (χ2n) is 7.44. The van der Waals surface area contributed by atoms with Gasteiger partial charge in [-0.25, -0.2) is 8.42 Å². The third-order valence-electron chi connectivity index (χ3n) is 4.07. The van der Waals surface area contributed by atoms with Crippen LogP contribution in [0.1, 0.15) is 26.3 Å². The van der Waals surface area contributed by atoms with E-state index in [4.69, 9.17) is 0 Å². The van der Waals surface area contributed by atoms with Gasteiger partial charge in [-0.2, -0.15) is 0 Å². The second kappa shape index (κ2) is 7.97. The molecule has 0 fully saturated rings. The maximum atomic E-state index is 12.1. The highest BCUT2D eigenvalue weighted by molar-refractivity contribution is 7.90. The molecule has 0 aromatic heterocycles. The molecule has 0 aliphatic rings. The van der Waals surface area contributed by atoms with E-state index in [1.165, 1.54) is 12.1 Å². The first-order valence-corrected chi connectivity index (χ1v) is 10.4. The molecule has 2 rings (SSSR count). The van der Waals surface area contributed by atoms with Crippen LogP contribution in [0.25, 0.3) is 0 Å². The Morgan fingerprint density at radius 2 is 1.71 bits per heavy atom. The first-order valence-electron chi connectivity index (χ1n) is 8.51. The summed E-state index contributed by atoms with van der Waals surface area (Å²) in [6.07, 6.45) is 0.970. The lowest BCUT2D eigenvalue weighted by Gasteiger charge is -2.19. The van der Waals surface area contributed by atoms with Gasteiger partial charge in [0.05, 0.1) is 16.4 Å². The molecular weight excluding hydrogens is 382 g/mol. The standard InChI is InChI=1S/C19H23N3O5S/c1-19(2,3)13-5-7-14(8-6-13)21-18(23)12-20-16-10-9-15(28(4,26)27)11-17(16)22(24)25/h5-11,20H,12H2,1-4H3,(H,21,23). The lowest BCUT2D eigenvalue weighted by Crippen LogP contribution is -2.22. The van der Waals surface area contributed by atoms with Gasteiger partial charge >= 0.3 is 0 Å². The van der Waals surface area contributed by atoms with Crippen molar-refractivity contribution in [3.8, 4) is 0 Å². The highest BCUT2D eigenvalue weighted by atomic mass is 32.2. The summed E-state index contributed by atoms with van der Waals surface area (Å²) in [6, 6.07) is 11.0. The van der Waals surface area contributed by atoms with Crippen LogP contribution in [0.4, 0.5) is 17.1 Å². The van der Waals surface area contributed by atoms with Crippen molar-refractivity contribution in [2.45, 2.75) is 31.1 Å². The number of nitrogens with one attached hydrogen (secondary N) is 2. The maximum absolute atomic E-state index is 12.1. The molecule has 150 valence electrons. The zero-order valence-corrected chi connectivity index (χ0v) is 17.0. The van der Waals surface area contributed by atoms with Gasteiger partial charge in [-0.3, -0.25) is 14.9 Å². The van der Waals surface area contributed by atoms with Gasteiger partial charge in [0.25, 0.3) is 5.69 Å². The SMILES string of the molecule is CC(C)(C)c1ccc(NC(=O)CNc2ccc(S(C)(=O)=O)cc2[N+](=O)[O-])cc1. The number of nitrogens with zero attached hydrogens (tertiary/aromatic N) is 1. The molecular formula is C19H23N3O5S. The van der Waals surface area contributed by atoms with Gasteiger partial charge in [0.1, 0.15) is 5.69 Å². The molecule has 2 aromatic rings. The van der Waals surface area contributed by atoms with Crippen LogP contribution in [-0.2, 0) is 20.0 Å². The van der Waals surface area contributed by atoms with E-state index in [1.54, 1.807) is 12.1 Å². The Kier molecular flexibility index (Phi) is 6.08. The van der Waals surface area contributed by atoms with Crippen molar-refractivity contribution in [1.82, 2.24) is 0 Å². The molecule has 0 bridgehead atoms. The summed E-state index contributed by atoms with van der Waals surface area (Å²) in [7, 11) is -3.57. The van der Waals surface area contributed by atoms with Gasteiger partial charge in [-0.15, -0.1) is 0 Å². The number of benzene rings is 2. The van der Waals surface area contributed by atoms with Crippen LogP contribution < -0.4 is 10.6 Å². The maximum Gasteiger partial charge on any atom is 0.293 e. The van der Waals surface area contributed by atoms with E-state index in [9.17, 15) is 23.3 Å². The van der Waals surface area contributed by atoms with E-state index < -0.39 is 20.4 Å². The summed E-state index contributed by atoms with van der Waals surface area (Å²) in [6.45, 7) is 6.06. The molecule has 0 radical (unpaired) electrons. The average Bonchev–Trinajstić information content (AvgIpc) is 2.58. The Labute approximate surface area is 164 Å². The summed E-state index contributed by atoms with van der Waals surface area (Å²) in [5.74, 6) is -0.384. The smallest absolute Gasteiger partial charge is 0.293 e. The summed E-state index contributed by atoms with van der Waals surface area (Å²) >= 11 is 0. The summed E-state index contributed by atoms with van der Waals surface area (Å²) in [5.41, 5.74) is 1.40. The minimum Gasteiger partial charge on any atom is -0.371 e. The van der Waals surface area contributed by atoms with E-state index in [0.29, 0.717) is 5.69 Å². The summed E-state index contributed by atoms with van der Waals surface area (Å²) in [5, 5.41) is 16.6. The zero-order valence-electron chi connectivity index (χ0n) is 16.1. The number of hydrogen-bond donors (Lipinski definition) is 2. The van der Waals surface area contributed by atoms with Crippen LogP contribution in [0.5, 0.6) is 0 Å². The fourth-order valence-corrected chi connectivity index (χ4v) is 3.12. The van der Waals surface area contributed by atoms with Crippen LogP contribution in [0, 0.1) is 10.1 Å². The van der Waals surface area contributed by atoms with Crippen molar-refractivity contribution in [2.75, 3.05) is 23.4 Å². The molecule has 0 aliphatic carbocycles. The van der Waals surface area contributed by atoms with Gasteiger partial charge in [-0.1, -0.05) is 32.9 Å². The van der Waals surface area contributed by atoms with Crippen molar-refractivity contribution in [1.29, 1.82) is 0 Å². The van der Waals surface area contributed by atoms with E-state index in [-0.39, 0.29) is 28.4 Å². The van der Waals surface area contributed by atoms with Crippen LogP contribution >= 0.6 is 0 Å². The van der Waals surface area contributed by atoms with E-state index in [0.717, 1.165) is 17.9 Å². The third-order valence-corrected chi connectivity index (χ3v) is 5.18.